The number of nitrogens with zero attached hydrogens (tertiary/aromatic N) is 3. The molecule has 94 valence electrons. The summed E-state index contributed by atoms with van der Waals surface area (Å²) in [5, 5.41) is 8.85. The Hall–Kier alpha value is -1.53. The minimum Gasteiger partial charge on any atom is -0.327 e. The molecule has 0 bridgehead atoms. The van der Waals surface area contributed by atoms with Crippen molar-refractivity contribution in [3.8, 4) is 6.07 Å². The van der Waals surface area contributed by atoms with Gasteiger partial charge in [0.25, 0.3) is 0 Å². The molecular weight excluding hydrogens is 246 g/mol. The minimum atomic E-state index is -0.125. The van der Waals surface area contributed by atoms with E-state index in [9.17, 15) is 0 Å². The van der Waals surface area contributed by atoms with Gasteiger partial charge in [-0.2, -0.15) is 5.26 Å². The van der Waals surface area contributed by atoms with Gasteiger partial charge < -0.3 is 4.57 Å². The maximum absolute atomic E-state index is 8.97. The lowest BCUT2D eigenvalue weighted by Crippen LogP contribution is -2.04. The first kappa shape index (κ1) is 12.9. The Morgan fingerprint density at radius 3 is 2.89 bits per heavy atom. The maximum atomic E-state index is 8.97. The zero-order valence-electron chi connectivity index (χ0n) is 10.7. The predicted octanol–water partition coefficient (Wildman–Crippen LogP) is 4.01. The van der Waals surface area contributed by atoms with Gasteiger partial charge in [-0.05, 0) is 31.5 Å². The third-order valence-corrected chi connectivity index (χ3v) is 3.19. The molecule has 3 nitrogen and oxygen atoms in total. The van der Waals surface area contributed by atoms with Gasteiger partial charge in [0.05, 0.1) is 28.0 Å². The van der Waals surface area contributed by atoms with Crippen molar-refractivity contribution in [1.82, 2.24) is 9.55 Å². The van der Waals surface area contributed by atoms with E-state index >= 15 is 0 Å². The Morgan fingerprint density at radius 2 is 2.28 bits per heavy atom. The number of imidazole rings is 1. The fourth-order valence-electron chi connectivity index (χ4n) is 2.07. The summed E-state index contributed by atoms with van der Waals surface area (Å²) in [6.07, 6.45) is 2.20. The van der Waals surface area contributed by atoms with Crippen LogP contribution in [0.3, 0.4) is 0 Å². The van der Waals surface area contributed by atoms with Crippen LogP contribution >= 0.6 is 11.6 Å². The monoisotopic (exact) mass is 261 g/mol. The second kappa shape index (κ2) is 5.41. The number of benzene rings is 1. The lowest BCUT2D eigenvalue weighted by molar-refractivity contribution is 0.616. The highest BCUT2D eigenvalue weighted by Gasteiger charge is 2.14. The number of fused-ring (bicyclic) bond motifs is 1. The van der Waals surface area contributed by atoms with Gasteiger partial charge in [0.1, 0.15) is 5.82 Å². The van der Waals surface area contributed by atoms with Crippen molar-refractivity contribution in [3.63, 3.8) is 0 Å². The maximum Gasteiger partial charge on any atom is 0.127 e. The van der Waals surface area contributed by atoms with Crippen LogP contribution in [0.2, 0.25) is 0 Å². The van der Waals surface area contributed by atoms with Crippen LogP contribution in [0, 0.1) is 11.3 Å². The molecule has 18 heavy (non-hydrogen) atoms. The van der Waals surface area contributed by atoms with Crippen LogP contribution in [-0.4, -0.2) is 9.55 Å². The molecule has 1 aromatic heterocycles. The number of aryl methyl sites for hydroxylation is 1. The highest BCUT2D eigenvalue weighted by Crippen LogP contribution is 2.25. The fourth-order valence-corrected chi connectivity index (χ4v) is 2.23. The number of nitriles is 1. The number of hydrogen-bond acceptors (Lipinski definition) is 2. The summed E-state index contributed by atoms with van der Waals surface area (Å²) in [5.74, 6) is 0.884. The van der Waals surface area contributed by atoms with Gasteiger partial charge in [-0.25, -0.2) is 4.98 Å². The number of aromatic nitrogens is 2. The van der Waals surface area contributed by atoms with Crippen LogP contribution in [0.25, 0.3) is 11.0 Å². The Bertz CT molecular complexity index is 593. The van der Waals surface area contributed by atoms with Gasteiger partial charge in [-0.3, -0.25) is 0 Å². The van der Waals surface area contributed by atoms with Gasteiger partial charge in [-0.15, -0.1) is 11.6 Å². The first-order valence-electron chi connectivity index (χ1n) is 6.21. The molecule has 0 amide bonds. The summed E-state index contributed by atoms with van der Waals surface area (Å²) in [6, 6.07) is 7.74. The van der Waals surface area contributed by atoms with Gasteiger partial charge in [-0.1, -0.05) is 13.3 Å². The molecule has 0 aliphatic carbocycles. The van der Waals surface area contributed by atoms with Crippen LogP contribution in [0.4, 0.5) is 0 Å². The molecule has 0 aliphatic rings. The zero-order chi connectivity index (χ0) is 13.1. The molecule has 0 N–H and O–H groups in total. The van der Waals surface area contributed by atoms with E-state index in [1.807, 2.05) is 19.1 Å². The number of hydrogen-bond donors (Lipinski definition) is 0. The minimum absolute atomic E-state index is 0.125. The van der Waals surface area contributed by atoms with E-state index < -0.39 is 0 Å². The third-order valence-electron chi connectivity index (χ3n) is 3.00. The molecule has 1 heterocycles. The van der Waals surface area contributed by atoms with Crippen molar-refractivity contribution in [3.05, 3.63) is 29.6 Å². The average Bonchev–Trinajstić information content (AvgIpc) is 2.74. The van der Waals surface area contributed by atoms with Crippen LogP contribution in [0.1, 0.15) is 43.5 Å². The Labute approximate surface area is 112 Å². The quantitative estimate of drug-likeness (QED) is 0.781. The van der Waals surface area contributed by atoms with Gasteiger partial charge in [0.2, 0.25) is 0 Å². The highest BCUT2D eigenvalue weighted by molar-refractivity contribution is 6.20. The molecular formula is C14H16ClN3. The molecule has 4 heteroatoms. The van der Waals surface area contributed by atoms with Gasteiger partial charge in [0, 0.05) is 6.54 Å². The van der Waals surface area contributed by atoms with Crippen molar-refractivity contribution >= 4 is 22.6 Å². The number of alkyl halides is 1. The summed E-state index contributed by atoms with van der Waals surface area (Å²) >= 11 is 6.18. The lowest BCUT2D eigenvalue weighted by Gasteiger charge is -2.09. The first-order chi connectivity index (χ1) is 8.67. The standard InChI is InChI=1S/C14H16ClN3/c1-3-4-7-18-13-8-11(9-16)5-6-12(13)17-14(18)10(2)15/h5-6,8,10H,3-4,7H2,1-2H3. The number of unbranched alkanes of at least 4 members (excludes halogenated alkanes) is 1. The van der Waals surface area contributed by atoms with Crippen LogP contribution < -0.4 is 0 Å². The Balaban J connectivity index is 2.59. The summed E-state index contributed by atoms with van der Waals surface area (Å²) in [6.45, 7) is 4.98. The van der Waals surface area contributed by atoms with Gasteiger partial charge in [0.15, 0.2) is 0 Å². The van der Waals surface area contributed by atoms with Crippen molar-refractivity contribution in [2.75, 3.05) is 0 Å². The smallest absolute Gasteiger partial charge is 0.127 e. The molecule has 0 aliphatic heterocycles. The summed E-state index contributed by atoms with van der Waals surface area (Å²) < 4.78 is 2.14. The predicted molar refractivity (Wildman–Crippen MR) is 73.6 cm³/mol. The van der Waals surface area contributed by atoms with Gasteiger partial charge >= 0.3 is 0 Å². The fraction of sp³-hybridized carbons (Fsp3) is 0.429. The number of halogens is 1. The second-order valence-corrected chi connectivity index (χ2v) is 5.06. The lowest BCUT2D eigenvalue weighted by atomic mass is 10.2. The number of rotatable bonds is 4. The normalized spacial score (nSPS) is 12.6. The molecule has 0 fully saturated rings. The third kappa shape index (κ3) is 2.34. The molecule has 0 spiro atoms. The summed E-state index contributed by atoms with van der Waals surface area (Å²) in [5.41, 5.74) is 2.58. The Kier molecular flexibility index (Phi) is 3.88. The van der Waals surface area contributed by atoms with Crippen molar-refractivity contribution in [2.45, 2.75) is 38.6 Å². The van der Waals surface area contributed by atoms with Crippen LogP contribution in [0.5, 0.6) is 0 Å². The zero-order valence-corrected chi connectivity index (χ0v) is 11.4. The molecule has 1 unspecified atom stereocenters. The largest absolute Gasteiger partial charge is 0.327 e. The topological polar surface area (TPSA) is 41.6 Å². The van der Waals surface area contributed by atoms with Crippen molar-refractivity contribution < 1.29 is 0 Å². The van der Waals surface area contributed by atoms with E-state index in [1.165, 1.54) is 0 Å². The molecule has 0 saturated heterocycles. The molecule has 2 aromatic rings. The summed E-state index contributed by atoms with van der Waals surface area (Å²) in [7, 11) is 0. The van der Waals surface area contributed by atoms with E-state index in [4.69, 9.17) is 16.9 Å². The average molecular weight is 262 g/mol. The van der Waals surface area contributed by atoms with Crippen molar-refractivity contribution in [2.24, 2.45) is 0 Å². The Morgan fingerprint density at radius 1 is 1.50 bits per heavy atom. The van der Waals surface area contributed by atoms with Crippen LogP contribution in [-0.2, 0) is 6.54 Å². The molecule has 2 rings (SSSR count). The first-order valence-corrected chi connectivity index (χ1v) is 6.65. The van der Waals surface area contributed by atoms with E-state index in [0.717, 1.165) is 36.2 Å². The molecule has 1 aromatic carbocycles. The van der Waals surface area contributed by atoms with E-state index in [0.29, 0.717) is 5.56 Å². The van der Waals surface area contributed by atoms with Crippen molar-refractivity contribution in [1.29, 1.82) is 5.26 Å². The highest BCUT2D eigenvalue weighted by atomic mass is 35.5. The van der Waals surface area contributed by atoms with E-state index in [2.05, 4.69) is 22.5 Å². The van der Waals surface area contributed by atoms with Crippen LogP contribution in [0.15, 0.2) is 18.2 Å². The van der Waals surface area contributed by atoms with E-state index in [1.54, 1.807) is 6.07 Å². The second-order valence-electron chi connectivity index (χ2n) is 4.41. The SMILES string of the molecule is CCCCn1c(C(C)Cl)nc2ccc(C#N)cc21. The molecule has 1 atom stereocenters. The molecule has 0 radical (unpaired) electrons. The summed E-state index contributed by atoms with van der Waals surface area (Å²) in [4.78, 5) is 4.56. The molecule has 0 saturated carbocycles. The van der Waals surface area contributed by atoms with E-state index in [-0.39, 0.29) is 5.38 Å².